The molecule has 94 valence electrons. The molecule has 1 rings (SSSR count). The summed E-state index contributed by atoms with van der Waals surface area (Å²) >= 11 is 0. The van der Waals surface area contributed by atoms with Crippen molar-refractivity contribution in [2.45, 2.75) is 39.2 Å². The molecule has 1 aliphatic heterocycles. The summed E-state index contributed by atoms with van der Waals surface area (Å²) in [5, 5.41) is 18.0. The predicted octanol–water partition coefficient (Wildman–Crippen LogP) is 1.19. The highest BCUT2D eigenvalue weighted by Crippen LogP contribution is 2.27. The van der Waals surface area contributed by atoms with Crippen LogP contribution >= 0.6 is 0 Å². The first-order valence-electron chi connectivity index (χ1n) is 6.12. The molecule has 1 saturated heterocycles. The summed E-state index contributed by atoms with van der Waals surface area (Å²) in [6.45, 7) is 5.73. The number of nitrogens with zero attached hydrogens (tertiary/aromatic N) is 1. The van der Waals surface area contributed by atoms with E-state index in [0.29, 0.717) is 18.4 Å². The number of aliphatic hydroxyl groups excluding tert-OH is 1. The molecule has 1 aliphatic rings. The summed E-state index contributed by atoms with van der Waals surface area (Å²) in [6.07, 6.45) is 3.00. The van der Waals surface area contributed by atoms with Gasteiger partial charge in [-0.15, -0.1) is 0 Å². The zero-order valence-corrected chi connectivity index (χ0v) is 10.2. The van der Waals surface area contributed by atoms with Gasteiger partial charge < -0.3 is 10.2 Å². The van der Waals surface area contributed by atoms with Crippen LogP contribution in [-0.2, 0) is 4.79 Å². The lowest BCUT2D eigenvalue weighted by molar-refractivity contribution is -0.142. The Morgan fingerprint density at radius 3 is 2.69 bits per heavy atom. The van der Waals surface area contributed by atoms with Crippen molar-refractivity contribution >= 4 is 5.97 Å². The van der Waals surface area contributed by atoms with Crippen LogP contribution in [0.3, 0.4) is 0 Å². The number of hydrogen-bond donors (Lipinski definition) is 2. The average molecular weight is 229 g/mol. The number of hydrogen-bond acceptors (Lipinski definition) is 3. The van der Waals surface area contributed by atoms with Crippen LogP contribution in [0, 0.1) is 11.8 Å². The molecular formula is C12H23NO3. The Morgan fingerprint density at radius 1 is 1.50 bits per heavy atom. The number of aliphatic hydroxyl groups is 1. The highest BCUT2D eigenvalue weighted by atomic mass is 16.4. The molecule has 0 saturated carbocycles. The fourth-order valence-corrected chi connectivity index (χ4v) is 2.41. The predicted molar refractivity (Wildman–Crippen MR) is 62.3 cm³/mol. The molecule has 0 aliphatic carbocycles. The summed E-state index contributed by atoms with van der Waals surface area (Å²) in [5.41, 5.74) is 0. The molecule has 1 fully saturated rings. The molecule has 0 radical (unpaired) electrons. The van der Waals surface area contributed by atoms with Crippen molar-refractivity contribution in [3.05, 3.63) is 0 Å². The molecule has 0 amide bonds. The summed E-state index contributed by atoms with van der Waals surface area (Å²) in [4.78, 5) is 12.9. The van der Waals surface area contributed by atoms with E-state index in [9.17, 15) is 4.79 Å². The van der Waals surface area contributed by atoms with Crippen LogP contribution in [0.5, 0.6) is 0 Å². The van der Waals surface area contributed by atoms with Crippen LogP contribution in [0.25, 0.3) is 0 Å². The molecule has 2 N–H and O–H groups in total. The topological polar surface area (TPSA) is 60.8 Å². The molecule has 4 heteroatoms. The van der Waals surface area contributed by atoms with Gasteiger partial charge in [0.05, 0.1) is 6.61 Å². The number of carboxylic acid groups (broad SMARTS) is 1. The number of carbonyl (C=O) groups is 1. The minimum atomic E-state index is -0.750. The van der Waals surface area contributed by atoms with Crippen molar-refractivity contribution in [3.63, 3.8) is 0 Å². The molecule has 0 aromatic rings. The molecule has 0 aromatic carbocycles. The van der Waals surface area contributed by atoms with Crippen molar-refractivity contribution < 1.29 is 15.0 Å². The number of likely N-dealkylation sites (tertiary alicyclic amines) is 1. The van der Waals surface area contributed by atoms with E-state index >= 15 is 0 Å². The van der Waals surface area contributed by atoms with Crippen molar-refractivity contribution in [1.82, 2.24) is 4.90 Å². The third kappa shape index (κ3) is 3.76. The maximum Gasteiger partial charge on any atom is 0.320 e. The fraction of sp³-hybridized carbons (Fsp3) is 0.917. The molecule has 2 unspecified atom stereocenters. The van der Waals surface area contributed by atoms with Crippen LogP contribution < -0.4 is 0 Å². The summed E-state index contributed by atoms with van der Waals surface area (Å²) in [7, 11) is 0. The Morgan fingerprint density at radius 2 is 2.19 bits per heavy atom. The summed E-state index contributed by atoms with van der Waals surface area (Å²) < 4.78 is 0. The highest BCUT2D eigenvalue weighted by Gasteiger charge is 2.35. The molecule has 0 spiro atoms. The maximum absolute atomic E-state index is 11.0. The van der Waals surface area contributed by atoms with Crippen LogP contribution in [0.2, 0.25) is 0 Å². The Labute approximate surface area is 97.3 Å². The molecule has 1 heterocycles. The number of aliphatic carboxylic acids is 1. The van der Waals surface area contributed by atoms with E-state index in [0.717, 1.165) is 25.8 Å². The first kappa shape index (κ1) is 13.5. The van der Waals surface area contributed by atoms with Gasteiger partial charge in [-0.25, -0.2) is 0 Å². The smallest absolute Gasteiger partial charge is 0.320 e. The van der Waals surface area contributed by atoms with E-state index in [1.807, 2.05) is 4.90 Å². The van der Waals surface area contributed by atoms with Crippen LogP contribution in [0.15, 0.2) is 0 Å². The van der Waals surface area contributed by atoms with E-state index in [4.69, 9.17) is 10.2 Å². The zero-order valence-electron chi connectivity index (χ0n) is 10.2. The van der Waals surface area contributed by atoms with Crippen molar-refractivity contribution in [1.29, 1.82) is 0 Å². The molecule has 4 nitrogen and oxygen atoms in total. The summed E-state index contributed by atoms with van der Waals surface area (Å²) in [5.74, 6) is 0.408. The van der Waals surface area contributed by atoms with Crippen LogP contribution in [0.1, 0.15) is 33.1 Å². The van der Waals surface area contributed by atoms with E-state index < -0.39 is 5.97 Å². The van der Waals surface area contributed by atoms with E-state index in [-0.39, 0.29) is 12.6 Å². The second-order valence-electron chi connectivity index (χ2n) is 5.15. The second-order valence-corrected chi connectivity index (χ2v) is 5.15. The lowest BCUT2D eigenvalue weighted by Gasteiger charge is -2.19. The normalized spacial score (nSPS) is 26.5. The molecule has 0 bridgehead atoms. The molecule has 0 aromatic heterocycles. The Balaban J connectivity index is 2.45. The third-order valence-corrected chi connectivity index (χ3v) is 3.31. The van der Waals surface area contributed by atoms with Gasteiger partial charge in [-0.3, -0.25) is 9.69 Å². The van der Waals surface area contributed by atoms with Gasteiger partial charge in [0.1, 0.15) is 6.04 Å². The van der Waals surface area contributed by atoms with Crippen molar-refractivity contribution in [2.75, 3.05) is 19.7 Å². The maximum atomic E-state index is 11.0. The lowest BCUT2D eigenvalue weighted by Crippen LogP contribution is -2.37. The average Bonchev–Trinajstić information content (AvgIpc) is 2.59. The Bertz CT molecular complexity index is 230. The third-order valence-electron chi connectivity index (χ3n) is 3.31. The minimum absolute atomic E-state index is 0.0423. The van der Waals surface area contributed by atoms with Gasteiger partial charge >= 0.3 is 5.97 Å². The SMILES string of the molecule is CC(C)CCC1CC(C(=O)O)N(CCO)C1. The van der Waals surface area contributed by atoms with Gasteiger partial charge in [-0.2, -0.15) is 0 Å². The number of carboxylic acids is 1. The number of β-amino-alcohol motifs (C(OH)–C–C–N with tert-alkyl or cyclic N) is 1. The second kappa shape index (κ2) is 6.21. The standard InChI is InChI=1S/C12H23NO3/c1-9(2)3-4-10-7-11(12(15)16)13(8-10)5-6-14/h9-11,14H,3-8H2,1-2H3,(H,15,16). The zero-order chi connectivity index (χ0) is 12.1. The Kier molecular flexibility index (Phi) is 5.22. The summed E-state index contributed by atoms with van der Waals surface area (Å²) in [6, 6.07) is -0.385. The Hall–Kier alpha value is -0.610. The van der Waals surface area contributed by atoms with Gasteiger partial charge in [0.25, 0.3) is 0 Å². The van der Waals surface area contributed by atoms with Crippen molar-refractivity contribution in [3.8, 4) is 0 Å². The van der Waals surface area contributed by atoms with Crippen LogP contribution in [0.4, 0.5) is 0 Å². The molecular weight excluding hydrogens is 206 g/mol. The first-order valence-corrected chi connectivity index (χ1v) is 6.12. The monoisotopic (exact) mass is 229 g/mol. The first-order chi connectivity index (χ1) is 7.54. The van der Waals surface area contributed by atoms with Gasteiger partial charge in [-0.05, 0) is 24.7 Å². The lowest BCUT2D eigenvalue weighted by atomic mass is 9.96. The van der Waals surface area contributed by atoms with Crippen molar-refractivity contribution in [2.24, 2.45) is 11.8 Å². The highest BCUT2D eigenvalue weighted by molar-refractivity contribution is 5.73. The van der Waals surface area contributed by atoms with Crippen LogP contribution in [-0.4, -0.2) is 46.8 Å². The molecule has 16 heavy (non-hydrogen) atoms. The quantitative estimate of drug-likeness (QED) is 0.718. The largest absolute Gasteiger partial charge is 0.480 e. The number of rotatable bonds is 6. The minimum Gasteiger partial charge on any atom is -0.480 e. The molecule has 2 atom stereocenters. The van der Waals surface area contributed by atoms with Gasteiger partial charge in [0.2, 0.25) is 0 Å². The van der Waals surface area contributed by atoms with E-state index in [1.54, 1.807) is 0 Å². The van der Waals surface area contributed by atoms with Gasteiger partial charge in [-0.1, -0.05) is 20.3 Å². The van der Waals surface area contributed by atoms with Gasteiger partial charge in [0, 0.05) is 13.1 Å². The van der Waals surface area contributed by atoms with E-state index in [2.05, 4.69) is 13.8 Å². The van der Waals surface area contributed by atoms with Gasteiger partial charge in [0.15, 0.2) is 0 Å². The van der Waals surface area contributed by atoms with E-state index in [1.165, 1.54) is 0 Å². The fourth-order valence-electron chi connectivity index (χ4n) is 2.41.